The van der Waals surface area contributed by atoms with Crippen LogP contribution in [0.3, 0.4) is 0 Å². The van der Waals surface area contributed by atoms with Crippen molar-refractivity contribution in [3.05, 3.63) is 39.2 Å². The lowest BCUT2D eigenvalue weighted by atomic mass is 10.4. The average Bonchev–Trinajstić information content (AvgIpc) is 3.02. The molecule has 1 amide bonds. The summed E-state index contributed by atoms with van der Waals surface area (Å²) in [6.45, 7) is 1.78. The first-order chi connectivity index (χ1) is 9.63. The van der Waals surface area contributed by atoms with E-state index in [0.717, 1.165) is 5.69 Å². The number of thiophene rings is 1. The van der Waals surface area contributed by atoms with Crippen molar-refractivity contribution in [1.82, 2.24) is 14.5 Å². The Morgan fingerprint density at radius 3 is 3.05 bits per heavy atom. The molecule has 0 atom stereocenters. The number of carbonyl (C=O) groups excluding carboxylic acids is 1. The predicted octanol–water partition coefficient (Wildman–Crippen LogP) is 1.86. The Morgan fingerprint density at radius 1 is 1.45 bits per heavy atom. The fourth-order valence-corrected chi connectivity index (χ4v) is 3.16. The van der Waals surface area contributed by atoms with Gasteiger partial charge in [-0.25, -0.2) is 9.97 Å². The number of rotatable bonds is 3. The fraction of sp³-hybridized carbons (Fsp3) is 0.167. The SMILES string of the molecule is Cc1csc(NC(=O)Cn2cnc3sccc3c2=O)n1. The van der Waals surface area contributed by atoms with Crippen LogP contribution in [0.25, 0.3) is 10.2 Å². The van der Waals surface area contributed by atoms with Crippen molar-refractivity contribution < 1.29 is 4.79 Å². The van der Waals surface area contributed by atoms with Gasteiger partial charge in [0.1, 0.15) is 11.4 Å². The standard InChI is InChI=1S/C12H10N4O2S2/c1-7-5-20-12(14-7)15-9(17)4-16-6-13-10-8(11(16)18)2-3-19-10/h2-3,5-6H,4H2,1H3,(H,14,15,17). The van der Waals surface area contributed by atoms with Gasteiger partial charge in [0.25, 0.3) is 5.56 Å². The molecule has 0 aromatic carbocycles. The van der Waals surface area contributed by atoms with Gasteiger partial charge in [-0.15, -0.1) is 22.7 Å². The smallest absolute Gasteiger partial charge is 0.262 e. The van der Waals surface area contributed by atoms with Gasteiger partial charge in [-0.1, -0.05) is 0 Å². The number of anilines is 1. The quantitative estimate of drug-likeness (QED) is 0.801. The summed E-state index contributed by atoms with van der Waals surface area (Å²) in [5, 5.41) is 7.39. The zero-order chi connectivity index (χ0) is 14.1. The van der Waals surface area contributed by atoms with Crippen molar-refractivity contribution in [2.75, 3.05) is 5.32 Å². The molecule has 6 nitrogen and oxygen atoms in total. The molecule has 3 aromatic rings. The van der Waals surface area contributed by atoms with Gasteiger partial charge >= 0.3 is 0 Å². The summed E-state index contributed by atoms with van der Waals surface area (Å²) in [4.78, 5) is 33.0. The molecule has 20 heavy (non-hydrogen) atoms. The van der Waals surface area contributed by atoms with Gasteiger partial charge in [-0.3, -0.25) is 14.2 Å². The van der Waals surface area contributed by atoms with E-state index in [9.17, 15) is 9.59 Å². The van der Waals surface area contributed by atoms with E-state index in [2.05, 4.69) is 15.3 Å². The number of aromatic nitrogens is 3. The van der Waals surface area contributed by atoms with Crippen LogP contribution in [0, 0.1) is 6.92 Å². The molecule has 3 rings (SSSR count). The summed E-state index contributed by atoms with van der Waals surface area (Å²) in [7, 11) is 0. The van der Waals surface area contributed by atoms with Gasteiger partial charge in [-0.05, 0) is 18.4 Å². The van der Waals surface area contributed by atoms with Crippen LogP contribution in [0.15, 0.2) is 27.9 Å². The van der Waals surface area contributed by atoms with E-state index in [1.807, 2.05) is 17.7 Å². The number of nitrogens with zero attached hydrogens (tertiary/aromatic N) is 3. The number of thiazole rings is 1. The normalized spacial score (nSPS) is 10.8. The third-order valence-corrected chi connectivity index (χ3v) is 4.33. The van der Waals surface area contributed by atoms with Crippen LogP contribution in [0.5, 0.6) is 0 Å². The molecule has 0 fully saturated rings. The van der Waals surface area contributed by atoms with Crippen LogP contribution in [0.2, 0.25) is 0 Å². The highest BCUT2D eigenvalue weighted by Crippen LogP contribution is 2.15. The van der Waals surface area contributed by atoms with E-state index in [1.54, 1.807) is 6.07 Å². The molecule has 8 heteroatoms. The molecule has 0 spiro atoms. The Labute approximate surface area is 121 Å². The highest BCUT2D eigenvalue weighted by Gasteiger charge is 2.10. The molecule has 0 radical (unpaired) electrons. The summed E-state index contributed by atoms with van der Waals surface area (Å²) in [5.41, 5.74) is 0.644. The number of nitrogens with one attached hydrogen (secondary N) is 1. The third-order valence-electron chi connectivity index (χ3n) is 2.63. The topological polar surface area (TPSA) is 76.9 Å². The molecule has 1 N–H and O–H groups in total. The molecule has 102 valence electrons. The van der Waals surface area contributed by atoms with Crippen molar-refractivity contribution in [1.29, 1.82) is 0 Å². The Kier molecular flexibility index (Phi) is 3.33. The van der Waals surface area contributed by atoms with Crippen molar-refractivity contribution >= 4 is 43.9 Å². The summed E-state index contributed by atoms with van der Waals surface area (Å²) >= 11 is 2.75. The van der Waals surface area contributed by atoms with Gasteiger partial charge in [-0.2, -0.15) is 0 Å². The van der Waals surface area contributed by atoms with Gasteiger partial charge in [0.05, 0.1) is 17.4 Å². The van der Waals surface area contributed by atoms with Crippen LogP contribution in [0.1, 0.15) is 5.69 Å². The molecule has 0 unspecified atom stereocenters. The molecule has 0 bridgehead atoms. The third kappa shape index (κ3) is 2.47. The fourth-order valence-electron chi connectivity index (χ4n) is 1.73. The Morgan fingerprint density at radius 2 is 2.30 bits per heavy atom. The minimum Gasteiger partial charge on any atom is -0.300 e. The second-order valence-corrected chi connectivity index (χ2v) is 5.91. The second-order valence-electron chi connectivity index (χ2n) is 4.16. The molecule has 0 aliphatic heterocycles. The Balaban J connectivity index is 1.80. The molecular weight excluding hydrogens is 296 g/mol. The lowest BCUT2D eigenvalue weighted by Crippen LogP contribution is -2.27. The van der Waals surface area contributed by atoms with Crippen LogP contribution < -0.4 is 10.9 Å². The summed E-state index contributed by atoms with van der Waals surface area (Å²) in [6.07, 6.45) is 1.40. The minimum absolute atomic E-state index is 0.0732. The summed E-state index contributed by atoms with van der Waals surface area (Å²) in [5.74, 6) is -0.294. The predicted molar refractivity (Wildman–Crippen MR) is 79.4 cm³/mol. The van der Waals surface area contributed by atoms with Gasteiger partial charge in [0.2, 0.25) is 5.91 Å². The molecular formula is C12H10N4O2S2. The maximum absolute atomic E-state index is 12.1. The maximum atomic E-state index is 12.1. The van der Waals surface area contributed by atoms with E-state index >= 15 is 0 Å². The molecule has 3 aromatic heterocycles. The van der Waals surface area contributed by atoms with Crippen LogP contribution in [0.4, 0.5) is 5.13 Å². The molecule has 0 saturated heterocycles. The number of hydrogen-bond acceptors (Lipinski definition) is 6. The van der Waals surface area contributed by atoms with Crippen molar-refractivity contribution in [2.24, 2.45) is 0 Å². The summed E-state index contributed by atoms with van der Waals surface area (Å²) in [6, 6.07) is 1.72. The van der Waals surface area contributed by atoms with E-state index in [-0.39, 0.29) is 18.0 Å². The zero-order valence-corrected chi connectivity index (χ0v) is 12.1. The monoisotopic (exact) mass is 306 g/mol. The second kappa shape index (κ2) is 5.14. The lowest BCUT2D eigenvalue weighted by Gasteiger charge is -2.04. The first-order valence-electron chi connectivity index (χ1n) is 5.78. The molecule has 0 saturated carbocycles. The number of aryl methyl sites for hydroxylation is 1. The maximum Gasteiger partial charge on any atom is 0.262 e. The first kappa shape index (κ1) is 12.9. The largest absolute Gasteiger partial charge is 0.300 e. The zero-order valence-electron chi connectivity index (χ0n) is 10.5. The molecule has 3 heterocycles. The van der Waals surface area contributed by atoms with E-state index < -0.39 is 0 Å². The minimum atomic E-state index is -0.294. The number of hydrogen-bond donors (Lipinski definition) is 1. The van der Waals surface area contributed by atoms with Crippen LogP contribution in [-0.2, 0) is 11.3 Å². The van der Waals surface area contributed by atoms with E-state index in [1.165, 1.54) is 33.6 Å². The molecule has 0 aliphatic rings. The summed E-state index contributed by atoms with van der Waals surface area (Å²) < 4.78 is 1.30. The van der Waals surface area contributed by atoms with Gasteiger partial charge in [0.15, 0.2) is 5.13 Å². The Hall–Kier alpha value is -2.06. The van der Waals surface area contributed by atoms with E-state index in [4.69, 9.17) is 0 Å². The molecule has 0 aliphatic carbocycles. The lowest BCUT2D eigenvalue weighted by molar-refractivity contribution is -0.116. The van der Waals surface area contributed by atoms with E-state index in [0.29, 0.717) is 15.3 Å². The van der Waals surface area contributed by atoms with Crippen molar-refractivity contribution in [2.45, 2.75) is 13.5 Å². The Bertz CT molecular complexity index is 833. The highest BCUT2D eigenvalue weighted by molar-refractivity contribution is 7.16. The van der Waals surface area contributed by atoms with Crippen LogP contribution >= 0.6 is 22.7 Å². The van der Waals surface area contributed by atoms with Crippen molar-refractivity contribution in [3.8, 4) is 0 Å². The number of amides is 1. The van der Waals surface area contributed by atoms with Crippen LogP contribution in [-0.4, -0.2) is 20.4 Å². The highest BCUT2D eigenvalue weighted by atomic mass is 32.1. The number of carbonyl (C=O) groups is 1. The van der Waals surface area contributed by atoms with Gasteiger partial charge in [0, 0.05) is 5.38 Å². The van der Waals surface area contributed by atoms with Gasteiger partial charge < -0.3 is 5.32 Å². The van der Waals surface area contributed by atoms with Crippen molar-refractivity contribution in [3.63, 3.8) is 0 Å². The number of fused-ring (bicyclic) bond motifs is 1. The average molecular weight is 306 g/mol. The first-order valence-corrected chi connectivity index (χ1v) is 7.54.